The number of carbonyl (C=O) groups is 1. The van der Waals surface area contributed by atoms with Gasteiger partial charge in [0.15, 0.2) is 5.82 Å². The van der Waals surface area contributed by atoms with Crippen molar-refractivity contribution in [3.63, 3.8) is 0 Å². The largest absolute Gasteiger partial charge is 0.378 e. The average Bonchev–Trinajstić information content (AvgIpc) is 2.86. The first-order chi connectivity index (χ1) is 10.7. The number of hydrogen-bond donors (Lipinski definition) is 2. The van der Waals surface area contributed by atoms with Crippen LogP contribution in [0.25, 0.3) is 11.0 Å². The molecule has 1 aromatic heterocycles. The number of amides is 1. The standard InChI is InChI=1S/C15H19FN4O2/c1-20-12-4-2-3-10(16)14(12)19-13(20)5-6-18-15(21)11-9-22-8-7-17-11/h2-4,11,17H,5-9H2,1H3,(H,18,21)/t11-/m1/s1. The van der Waals surface area contributed by atoms with E-state index in [1.165, 1.54) is 6.07 Å². The van der Waals surface area contributed by atoms with Crippen molar-refractivity contribution >= 4 is 16.9 Å². The number of ether oxygens (including phenoxy) is 1. The highest BCUT2D eigenvalue weighted by molar-refractivity contribution is 5.82. The minimum absolute atomic E-state index is 0.0790. The molecular weight excluding hydrogens is 287 g/mol. The Morgan fingerprint density at radius 1 is 1.59 bits per heavy atom. The van der Waals surface area contributed by atoms with Gasteiger partial charge in [-0.05, 0) is 12.1 Å². The summed E-state index contributed by atoms with van der Waals surface area (Å²) in [5.41, 5.74) is 1.12. The van der Waals surface area contributed by atoms with Crippen molar-refractivity contribution in [2.45, 2.75) is 12.5 Å². The molecule has 7 heteroatoms. The second-order valence-electron chi connectivity index (χ2n) is 5.32. The van der Waals surface area contributed by atoms with Crippen LogP contribution in [-0.2, 0) is 23.0 Å². The number of halogens is 1. The van der Waals surface area contributed by atoms with Crippen LogP contribution in [-0.4, -0.2) is 47.8 Å². The van der Waals surface area contributed by atoms with Gasteiger partial charge in [0.2, 0.25) is 5.91 Å². The van der Waals surface area contributed by atoms with E-state index in [1.807, 2.05) is 17.7 Å². The molecule has 1 aliphatic heterocycles. The van der Waals surface area contributed by atoms with Crippen LogP contribution in [0.2, 0.25) is 0 Å². The number of rotatable bonds is 4. The molecule has 1 aliphatic rings. The van der Waals surface area contributed by atoms with Crippen LogP contribution in [0.15, 0.2) is 18.2 Å². The Morgan fingerprint density at radius 2 is 2.45 bits per heavy atom. The van der Waals surface area contributed by atoms with Crippen LogP contribution in [0.5, 0.6) is 0 Å². The Morgan fingerprint density at radius 3 is 3.18 bits per heavy atom. The van der Waals surface area contributed by atoms with Gasteiger partial charge in [0, 0.05) is 26.6 Å². The first-order valence-corrected chi connectivity index (χ1v) is 7.35. The molecule has 2 heterocycles. The van der Waals surface area contributed by atoms with Gasteiger partial charge in [-0.3, -0.25) is 4.79 Å². The van der Waals surface area contributed by atoms with E-state index in [9.17, 15) is 9.18 Å². The van der Waals surface area contributed by atoms with E-state index in [1.54, 1.807) is 6.07 Å². The quantitative estimate of drug-likeness (QED) is 0.856. The van der Waals surface area contributed by atoms with E-state index >= 15 is 0 Å². The van der Waals surface area contributed by atoms with E-state index < -0.39 is 0 Å². The first-order valence-electron chi connectivity index (χ1n) is 7.35. The number of para-hydroxylation sites is 1. The third kappa shape index (κ3) is 2.95. The Bertz CT molecular complexity index is 679. The third-order valence-electron chi connectivity index (χ3n) is 3.84. The monoisotopic (exact) mass is 306 g/mol. The van der Waals surface area contributed by atoms with Gasteiger partial charge in [-0.2, -0.15) is 0 Å². The molecule has 1 atom stereocenters. The molecule has 22 heavy (non-hydrogen) atoms. The number of fused-ring (bicyclic) bond motifs is 1. The van der Waals surface area contributed by atoms with Gasteiger partial charge in [-0.25, -0.2) is 9.37 Å². The molecule has 0 aliphatic carbocycles. The van der Waals surface area contributed by atoms with Crippen molar-refractivity contribution in [1.82, 2.24) is 20.2 Å². The zero-order chi connectivity index (χ0) is 15.5. The van der Waals surface area contributed by atoms with Crippen molar-refractivity contribution in [3.8, 4) is 0 Å². The maximum atomic E-state index is 13.7. The average molecular weight is 306 g/mol. The summed E-state index contributed by atoms with van der Waals surface area (Å²) in [5, 5.41) is 5.96. The fraction of sp³-hybridized carbons (Fsp3) is 0.467. The second kappa shape index (κ2) is 6.41. The summed E-state index contributed by atoms with van der Waals surface area (Å²) in [6.45, 7) is 2.16. The molecule has 0 spiro atoms. The number of nitrogens with one attached hydrogen (secondary N) is 2. The summed E-state index contributed by atoms with van der Waals surface area (Å²) in [5.74, 6) is 0.338. The van der Waals surface area contributed by atoms with Crippen molar-refractivity contribution < 1.29 is 13.9 Å². The van der Waals surface area contributed by atoms with Gasteiger partial charge in [0.05, 0.1) is 18.7 Å². The molecule has 2 aromatic rings. The summed E-state index contributed by atoms with van der Waals surface area (Å²) < 4.78 is 20.8. The van der Waals surface area contributed by atoms with Crippen molar-refractivity contribution in [2.24, 2.45) is 7.05 Å². The number of imidazole rings is 1. The van der Waals surface area contributed by atoms with Gasteiger partial charge in [0.1, 0.15) is 17.4 Å². The zero-order valence-corrected chi connectivity index (χ0v) is 12.4. The van der Waals surface area contributed by atoms with Crippen molar-refractivity contribution in [3.05, 3.63) is 29.8 Å². The van der Waals surface area contributed by atoms with Gasteiger partial charge in [-0.1, -0.05) is 6.07 Å². The molecule has 0 unspecified atom stereocenters. The fourth-order valence-electron chi connectivity index (χ4n) is 2.61. The maximum absolute atomic E-state index is 13.7. The number of carbonyl (C=O) groups excluding carboxylic acids is 1. The van der Waals surface area contributed by atoms with Gasteiger partial charge in [-0.15, -0.1) is 0 Å². The van der Waals surface area contributed by atoms with Crippen LogP contribution in [0.3, 0.4) is 0 Å². The molecule has 2 N–H and O–H groups in total. The Hall–Kier alpha value is -1.99. The number of hydrogen-bond acceptors (Lipinski definition) is 4. The summed E-state index contributed by atoms with van der Waals surface area (Å²) in [7, 11) is 1.85. The summed E-state index contributed by atoms with van der Waals surface area (Å²) >= 11 is 0. The second-order valence-corrected chi connectivity index (χ2v) is 5.32. The Kier molecular flexibility index (Phi) is 4.35. The van der Waals surface area contributed by atoms with Crippen LogP contribution in [0, 0.1) is 5.82 Å². The molecule has 1 amide bonds. The minimum atomic E-state index is -0.327. The topological polar surface area (TPSA) is 68.2 Å². The lowest BCUT2D eigenvalue weighted by molar-refractivity contribution is -0.125. The van der Waals surface area contributed by atoms with E-state index in [0.29, 0.717) is 38.2 Å². The number of morpholine rings is 1. The SMILES string of the molecule is Cn1c(CCNC(=O)[C@H]2COCCN2)nc2c(F)cccc21. The minimum Gasteiger partial charge on any atom is -0.378 e. The Balaban J connectivity index is 1.61. The van der Waals surface area contributed by atoms with Crippen molar-refractivity contribution in [2.75, 3.05) is 26.3 Å². The molecule has 6 nitrogen and oxygen atoms in total. The number of nitrogens with zero attached hydrogens (tertiary/aromatic N) is 2. The van der Waals surface area contributed by atoms with E-state index in [2.05, 4.69) is 15.6 Å². The number of benzene rings is 1. The van der Waals surface area contributed by atoms with Crippen molar-refractivity contribution in [1.29, 1.82) is 0 Å². The smallest absolute Gasteiger partial charge is 0.239 e. The van der Waals surface area contributed by atoms with Gasteiger partial charge in [0.25, 0.3) is 0 Å². The van der Waals surface area contributed by atoms with Crippen LogP contribution >= 0.6 is 0 Å². The molecule has 1 saturated heterocycles. The molecule has 0 radical (unpaired) electrons. The molecule has 0 bridgehead atoms. The molecule has 0 saturated carbocycles. The molecule has 3 rings (SSSR count). The summed E-state index contributed by atoms with van der Waals surface area (Å²) in [4.78, 5) is 16.3. The molecule has 1 fully saturated rings. The van der Waals surface area contributed by atoms with E-state index in [4.69, 9.17) is 4.74 Å². The van der Waals surface area contributed by atoms with Gasteiger partial charge >= 0.3 is 0 Å². The Labute approximate surface area is 127 Å². The highest BCUT2D eigenvalue weighted by atomic mass is 19.1. The lowest BCUT2D eigenvalue weighted by Gasteiger charge is -2.22. The highest BCUT2D eigenvalue weighted by Crippen LogP contribution is 2.17. The maximum Gasteiger partial charge on any atom is 0.239 e. The third-order valence-corrected chi connectivity index (χ3v) is 3.84. The zero-order valence-electron chi connectivity index (χ0n) is 12.4. The molecule has 118 valence electrons. The summed E-state index contributed by atoms with van der Waals surface area (Å²) in [6, 6.07) is 4.60. The fourth-order valence-corrected chi connectivity index (χ4v) is 2.61. The van der Waals surface area contributed by atoms with E-state index in [-0.39, 0.29) is 17.8 Å². The lowest BCUT2D eigenvalue weighted by Crippen LogP contribution is -2.51. The predicted molar refractivity (Wildman–Crippen MR) is 80.0 cm³/mol. The predicted octanol–water partition coefficient (Wildman–Crippen LogP) is 0.359. The van der Waals surface area contributed by atoms with Crippen LogP contribution in [0.1, 0.15) is 5.82 Å². The van der Waals surface area contributed by atoms with E-state index in [0.717, 1.165) is 11.3 Å². The van der Waals surface area contributed by atoms with Crippen LogP contribution in [0.4, 0.5) is 4.39 Å². The number of aryl methyl sites for hydroxylation is 1. The van der Waals surface area contributed by atoms with Crippen LogP contribution < -0.4 is 10.6 Å². The normalized spacial score (nSPS) is 18.5. The molecule has 1 aromatic carbocycles. The number of aromatic nitrogens is 2. The molecular formula is C15H19FN4O2. The first kappa shape index (κ1) is 14.9. The summed E-state index contributed by atoms with van der Waals surface area (Å²) in [6.07, 6.45) is 0.546. The lowest BCUT2D eigenvalue weighted by atomic mass is 10.2. The highest BCUT2D eigenvalue weighted by Gasteiger charge is 2.20. The van der Waals surface area contributed by atoms with Gasteiger partial charge < -0.3 is 19.9 Å².